The van der Waals surface area contributed by atoms with Gasteiger partial charge in [0.2, 0.25) is 16.2 Å². The van der Waals surface area contributed by atoms with Crippen molar-refractivity contribution in [1.29, 1.82) is 0 Å². The Hall–Kier alpha value is -1.25. The van der Waals surface area contributed by atoms with Crippen molar-refractivity contribution in [3.63, 3.8) is 0 Å². The summed E-state index contributed by atoms with van der Waals surface area (Å²) in [6.45, 7) is 3.73. The summed E-state index contributed by atoms with van der Waals surface area (Å²) in [4.78, 5) is 1.37. The number of fused-ring (bicyclic) bond motifs is 3. The van der Waals surface area contributed by atoms with Gasteiger partial charge in [-0.1, -0.05) is 12.7 Å². The maximum absolute atomic E-state index is 3.73. The lowest BCUT2D eigenvalue weighted by atomic mass is 10.2. The number of rotatable bonds is 1. The van der Waals surface area contributed by atoms with Gasteiger partial charge in [-0.05, 0) is 18.2 Å². The van der Waals surface area contributed by atoms with Gasteiger partial charge < -0.3 is 0 Å². The summed E-state index contributed by atoms with van der Waals surface area (Å²) >= 11 is 3.62. The third-order valence-electron chi connectivity index (χ3n) is 2.43. The van der Waals surface area contributed by atoms with Crippen LogP contribution in [-0.2, 0) is 11.4 Å². The van der Waals surface area contributed by atoms with Gasteiger partial charge in [0.05, 0.1) is 5.22 Å². The first-order valence-electron chi connectivity index (χ1n) is 4.74. The molecule has 2 heteroatoms. The van der Waals surface area contributed by atoms with Crippen LogP contribution in [0.5, 0.6) is 0 Å². The minimum atomic E-state index is 1.28. The number of thiophene rings is 1. The monoisotopic (exact) mass is 229 g/mol. The fourth-order valence-electron chi connectivity index (χ4n) is 1.78. The molecule has 0 bridgehead atoms. The molecule has 0 spiro atoms. The van der Waals surface area contributed by atoms with Gasteiger partial charge in [-0.2, -0.15) is 0 Å². The second-order valence-electron chi connectivity index (χ2n) is 3.36. The highest BCUT2D eigenvalue weighted by Gasteiger charge is 2.13. The largest absolute Gasteiger partial charge is 0.238 e. The van der Waals surface area contributed by atoms with Crippen LogP contribution in [0.4, 0.5) is 0 Å². The molecule has 3 rings (SSSR count). The summed E-state index contributed by atoms with van der Waals surface area (Å²) in [6.07, 6.45) is 6.10. The summed E-state index contributed by atoms with van der Waals surface area (Å²) in [6, 6.07) is 6.66. The van der Waals surface area contributed by atoms with Gasteiger partial charge in [-0.15, -0.1) is 11.3 Å². The summed E-state index contributed by atoms with van der Waals surface area (Å²) in [5.74, 6) is 0. The molecule has 0 unspecified atom stereocenters. The molecule has 72 valence electrons. The van der Waals surface area contributed by atoms with Crippen molar-refractivity contribution in [2.24, 2.45) is 0 Å². The summed E-state index contributed by atoms with van der Waals surface area (Å²) in [5.41, 5.74) is 0. The van der Waals surface area contributed by atoms with Crippen LogP contribution < -0.4 is 9.75 Å². The minimum absolute atomic E-state index is 1.28. The molecule has 0 saturated carbocycles. The molecule has 1 aliphatic heterocycles. The highest BCUT2D eigenvalue weighted by Crippen LogP contribution is 2.15. The van der Waals surface area contributed by atoms with Crippen LogP contribution in [0.25, 0.3) is 22.2 Å². The van der Waals surface area contributed by atoms with Gasteiger partial charge in [-0.3, -0.25) is 0 Å². The highest BCUT2D eigenvalue weighted by atomic mass is 32.1. The molecule has 1 aromatic heterocycles. The van der Waals surface area contributed by atoms with E-state index < -0.39 is 0 Å². The van der Waals surface area contributed by atoms with Crippen molar-refractivity contribution in [3.8, 4) is 0 Å². The summed E-state index contributed by atoms with van der Waals surface area (Å²) in [7, 11) is 0. The van der Waals surface area contributed by atoms with E-state index >= 15 is 0 Å². The molecule has 2 heterocycles. The fraction of sp³-hybridized carbons (Fsp3) is 0. The van der Waals surface area contributed by atoms with Crippen LogP contribution in [0.2, 0.25) is 0 Å². The van der Waals surface area contributed by atoms with Crippen molar-refractivity contribution >= 4 is 50.3 Å². The summed E-state index contributed by atoms with van der Waals surface area (Å²) < 4.78 is 2.63. The quantitative estimate of drug-likeness (QED) is 0.517. The molecule has 0 fully saturated rings. The number of allylic oxidation sites excluding steroid dienone is 1. The number of hydrogen-bond acceptors (Lipinski definition) is 1. The first-order valence-corrected chi connectivity index (χ1v) is 6.43. The lowest BCUT2D eigenvalue weighted by molar-refractivity contribution is 1.46. The Bertz CT molecular complexity index is 687. The smallest absolute Gasteiger partial charge is 0.136 e. The second kappa shape index (κ2) is 3.40. The van der Waals surface area contributed by atoms with Crippen LogP contribution in [0.1, 0.15) is 0 Å². The van der Waals surface area contributed by atoms with Gasteiger partial charge in [0.25, 0.3) is 0 Å². The van der Waals surface area contributed by atoms with E-state index in [1.807, 2.05) is 17.4 Å². The van der Waals surface area contributed by atoms with Crippen molar-refractivity contribution in [2.75, 3.05) is 0 Å². The van der Waals surface area contributed by atoms with Crippen molar-refractivity contribution in [2.45, 2.75) is 4.90 Å². The van der Waals surface area contributed by atoms with Crippen LogP contribution in [0, 0.1) is 0 Å². The molecule has 15 heavy (non-hydrogen) atoms. The van der Waals surface area contributed by atoms with Gasteiger partial charge in [-0.25, -0.2) is 0 Å². The topological polar surface area (TPSA) is 0 Å². The zero-order valence-electron chi connectivity index (χ0n) is 8.07. The van der Waals surface area contributed by atoms with Crippen LogP contribution in [0.3, 0.4) is 0 Å². The van der Waals surface area contributed by atoms with E-state index in [0.29, 0.717) is 0 Å². The Balaban J connectivity index is 2.48. The van der Waals surface area contributed by atoms with E-state index in [1.54, 1.807) is 11.4 Å². The molecule has 1 aromatic carbocycles. The van der Waals surface area contributed by atoms with E-state index in [1.165, 1.54) is 24.7 Å². The molecule has 1 aliphatic rings. The predicted octanol–water partition coefficient (Wildman–Crippen LogP) is 1.91. The molecule has 0 atom stereocenters. The molecule has 0 amide bonds. The van der Waals surface area contributed by atoms with Crippen molar-refractivity contribution < 1.29 is 0 Å². The second-order valence-corrected chi connectivity index (χ2v) is 5.42. The van der Waals surface area contributed by atoms with E-state index in [2.05, 4.69) is 42.3 Å². The molecule has 0 radical (unpaired) electrons. The van der Waals surface area contributed by atoms with Gasteiger partial charge >= 0.3 is 0 Å². The Morgan fingerprint density at radius 3 is 3.13 bits per heavy atom. The van der Waals surface area contributed by atoms with E-state index in [9.17, 15) is 0 Å². The SMILES string of the molecule is C=C/C=c1/cc2c3c(ccc2s1)[S+]=CC=3. The maximum Gasteiger partial charge on any atom is 0.238 e. The molecule has 0 nitrogen and oxygen atoms in total. The average Bonchev–Trinajstić information content (AvgIpc) is 2.80. The zero-order valence-corrected chi connectivity index (χ0v) is 9.70. The minimum Gasteiger partial charge on any atom is -0.136 e. The summed E-state index contributed by atoms with van der Waals surface area (Å²) in [5, 5.41) is 4.89. The highest BCUT2D eigenvalue weighted by molar-refractivity contribution is 7.78. The van der Waals surface area contributed by atoms with Gasteiger partial charge in [0.15, 0.2) is 5.37 Å². The first kappa shape index (κ1) is 9.01. The molecule has 0 N–H and O–H groups in total. The fourth-order valence-corrected chi connectivity index (χ4v) is 3.59. The Morgan fingerprint density at radius 1 is 1.33 bits per heavy atom. The van der Waals surface area contributed by atoms with Gasteiger partial charge in [0.1, 0.15) is 0 Å². The van der Waals surface area contributed by atoms with Crippen LogP contribution in [0.15, 0.2) is 35.7 Å². The molecular formula is C13H9S2+. The zero-order chi connectivity index (χ0) is 10.3. The Labute approximate surface area is 95.8 Å². The Morgan fingerprint density at radius 2 is 2.27 bits per heavy atom. The lowest BCUT2D eigenvalue weighted by Gasteiger charge is -1.85. The average molecular weight is 229 g/mol. The maximum atomic E-state index is 3.73. The third kappa shape index (κ3) is 1.37. The van der Waals surface area contributed by atoms with Crippen molar-refractivity contribution in [1.82, 2.24) is 0 Å². The van der Waals surface area contributed by atoms with Crippen LogP contribution in [-0.4, -0.2) is 5.37 Å². The number of benzene rings is 1. The first-order chi connectivity index (χ1) is 7.38. The predicted molar refractivity (Wildman–Crippen MR) is 71.9 cm³/mol. The van der Waals surface area contributed by atoms with Crippen LogP contribution >= 0.6 is 11.3 Å². The normalized spacial score (nSPS) is 14.3. The lowest BCUT2D eigenvalue weighted by Crippen LogP contribution is -2.02. The third-order valence-corrected chi connectivity index (χ3v) is 4.38. The Kier molecular flexibility index (Phi) is 2.04. The standard InChI is InChI=1S/C13H9S2/c1-2-3-9-8-11-10-6-7-14-12(10)4-5-13(11)15-9/h2-8H,1H2/q+1/b9-3-. The van der Waals surface area contributed by atoms with E-state index in [0.717, 1.165) is 0 Å². The molecular weight excluding hydrogens is 220 g/mol. The number of hydrogen-bond donors (Lipinski definition) is 0. The van der Waals surface area contributed by atoms with Crippen molar-refractivity contribution in [3.05, 3.63) is 40.6 Å². The molecule has 2 aromatic rings. The van der Waals surface area contributed by atoms with Gasteiger partial charge in [0, 0.05) is 26.8 Å². The van der Waals surface area contributed by atoms with E-state index in [-0.39, 0.29) is 0 Å². The molecule has 0 aliphatic carbocycles. The van der Waals surface area contributed by atoms with E-state index in [4.69, 9.17) is 0 Å². The molecule has 0 saturated heterocycles.